The van der Waals surface area contributed by atoms with Crippen LogP contribution in [0.15, 0.2) is 11.8 Å². The minimum Gasteiger partial charge on any atom is -0.0973 e. The minimum atomic E-state index is -1.14. The van der Waals surface area contributed by atoms with Crippen LogP contribution in [0.4, 0.5) is 0 Å². The maximum absolute atomic E-state index is 3.40. The third-order valence-corrected chi connectivity index (χ3v) is 7.87. The molecule has 0 saturated heterocycles. The third kappa shape index (κ3) is 3.56. The van der Waals surface area contributed by atoms with Gasteiger partial charge in [-0.3, -0.25) is 0 Å². The molecule has 11 heavy (non-hydrogen) atoms. The van der Waals surface area contributed by atoms with Crippen LogP contribution in [0, 0.1) is 0 Å². The van der Waals surface area contributed by atoms with Crippen molar-refractivity contribution in [2.45, 2.75) is 38.9 Å². The molecule has 0 aliphatic heterocycles. The number of rotatable bonds is 2. The van der Waals surface area contributed by atoms with Gasteiger partial charge in [0, 0.05) is 5.33 Å². The summed E-state index contributed by atoms with van der Waals surface area (Å²) < 4.78 is 0. The second-order valence-corrected chi connectivity index (χ2v) is 10.5. The van der Waals surface area contributed by atoms with Crippen LogP contribution in [-0.2, 0) is 0 Å². The standard InChI is InChI=1S/C9H19BrSi/c1-9(2,3)11(4,5)8-6-7-10/h6,8H,7H2,1-5H3/b8-6+. The van der Waals surface area contributed by atoms with E-state index in [0.29, 0.717) is 5.04 Å². The largest absolute Gasteiger partial charge is 0.0973 e. The summed E-state index contributed by atoms with van der Waals surface area (Å²) in [6.07, 6.45) is 2.23. The maximum atomic E-state index is 3.40. The molecular weight excluding hydrogens is 216 g/mol. The Morgan fingerprint density at radius 2 is 1.73 bits per heavy atom. The van der Waals surface area contributed by atoms with Gasteiger partial charge in [0.1, 0.15) is 0 Å². The first-order valence-electron chi connectivity index (χ1n) is 4.05. The number of allylic oxidation sites excluding steroid dienone is 1. The van der Waals surface area contributed by atoms with Crippen LogP contribution < -0.4 is 0 Å². The van der Waals surface area contributed by atoms with Crippen LogP contribution in [0.3, 0.4) is 0 Å². The zero-order valence-electron chi connectivity index (χ0n) is 8.24. The number of halogens is 1. The predicted molar refractivity (Wildman–Crippen MR) is 60.1 cm³/mol. The summed E-state index contributed by atoms with van der Waals surface area (Å²) >= 11 is 3.40. The fourth-order valence-corrected chi connectivity index (χ4v) is 2.33. The van der Waals surface area contributed by atoms with Gasteiger partial charge in [-0.05, 0) is 5.04 Å². The third-order valence-electron chi connectivity index (χ3n) is 2.56. The normalized spacial score (nSPS) is 14.4. The minimum absolute atomic E-state index is 0.478. The lowest BCUT2D eigenvalue weighted by molar-refractivity contribution is 0.728. The molecule has 2 heteroatoms. The van der Waals surface area contributed by atoms with Gasteiger partial charge in [-0.25, -0.2) is 0 Å². The molecule has 0 radical (unpaired) electrons. The smallest absolute Gasteiger partial charge is 0.0766 e. The van der Waals surface area contributed by atoms with Crippen molar-refractivity contribution in [2.24, 2.45) is 0 Å². The van der Waals surface area contributed by atoms with E-state index in [1.165, 1.54) is 0 Å². The fraction of sp³-hybridized carbons (Fsp3) is 0.778. The summed E-state index contributed by atoms with van der Waals surface area (Å²) in [5, 5.41) is 1.46. The Morgan fingerprint density at radius 1 is 1.27 bits per heavy atom. The predicted octanol–water partition coefficient (Wildman–Crippen LogP) is 3.99. The molecule has 0 N–H and O–H groups in total. The zero-order valence-corrected chi connectivity index (χ0v) is 10.8. The summed E-state index contributed by atoms with van der Waals surface area (Å²) in [5.41, 5.74) is 2.42. The molecule has 0 bridgehead atoms. The van der Waals surface area contributed by atoms with Crippen molar-refractivity contribution in [1.82, 2.24) is 0 Å². The van der Waals surface area contributed by atoms with Crippen molar-refractivity contribution < 1.29 is 0 Å². The SMILES string of the molecule is CC(C)(C)[Si](C)(C)/C=C/CBr. The molecule has 0 aromatic rings. The topological polar surface area (TPSA) is 0 Å². The van der Waals surface area contributed by atoms with Crippen LogP contribution >= 0.6 is 15.9 Å². The van der Waals surface area contributed by atoms with Gasteiger partial charge in [0.2, 0.25) is 0 Å². The first kappa shape index (κ1) is 11.4. The second-order valence-electron chi connectivity index (χ2n) is 4.53. The molecule has 0 rings (SSSR count). The van der Waals surface area contributed by atoms with Crippen molar-refractivity contribution in [3.63, 3.8) is 0 Å². The molecule has 0 nitrogen and oxygen atoms in total. The molecule has 0 aromatic carbocycles. The highest BCUT2D eigenvalue weighted by Gasteiger charge is 2.31. The van der Waals surface area contributed by atoms with Crippen LogP contribution in [0.5, 0.6) is 0 Å². The average molecular weight is 235 g/mol. The Labute approximate surface area is 80.2 Å². The molecule has 0 fully saturated rings. The van der Waals surface area contributed by atoms with E-state index in [-0.39, 0.29) is 0 Å². The molecule has 0 saturated carbocycles. The summed E-state index contributed by atoms with van der Waals surface area (Å²) in [7, 11) is -1.14. The van der Waals surface area contributed by atoms with E-state index in [4.69, 9.17) is 0 Å². The highest BCUT2D eigenvalue weighted by Crippen LogP contribution is 2.36. The van der Waals surface area contributed by atoms with Gasteiger partial charge in [0.05, 0.1) is 8.07 Å². The lowest BCUT2D eigenvalue weighted by Gasteiger charge is -2.34. The van der Waals surface area contributed by atoms with Crippen molar-refractivity contribution in [3.05, 3.63) is 11.8 Å². The van der Waals surface area contributed by atoms with Gasteiger partial charge < -0.3 is 0 Å². The Morgan fingerprint density at radius 3 is 2.00 bits per heavy atom. The Bertz CT molecular complexity index is 142. The molecule has 0 unspecified atom stereocenters. The monoisotopic (exact) mass is 234 g/mol. The summed E-state index contributed by atoms with van der Waals surface area (Å²) in [4.78, 5) is 0. The molecule has 66 valence electrons. The van der Waals surface area contributed by atoms with Crippen LogP contribution in [-0.4, -0.2) is 13.4 Å². The summed E-state index contributed by atoms with van der Waals surface area (Å²) in [5.74, 6) is 0. The molecule has 0 atom stereocenters. The quantitative estimate of drug-likeness (QED) is 0.501. The maximum Gasteiger partial charge on any atom is 0.0766 e. The molecule has 0 heterocycles. The lowest BCUT2D eigenvalue weighted by atomic mass is 10.2. The van der Waals surface area contributed by atoms with Crippen molar-refractivity contribution >= 4 is 24.0 Å². The van der Waals surface area contributed by atoms with Crippen LogP contribution in [0.2, 0.25) is 18.1 Å². The van der Waals surface area contributed by atoms with Gasteiger partial charge in [-0.2, -0.15) is 0 Å². The van der Waals surface area contributed by atoms with Gasteiger partial charge in [-0.1, -0.05) is 61.6 Å². The zero-order chi connectivity index (χ0) is 9.12. The average Bonchev–Trinajstić information content (AvgIpc) is 1.81. The van der Waals surface area contributed by atoms with E-state index < -0.39 is 8.07 Å². The number of hydrogen-bond acceptors (Lipinski definition) is 0. The van der Waals surface area contributed by atoms with E-state index in [9.17, 15) is 0 Å². The van der Waals surface area contributed by atoms with E-state index in [0.717, 1.165) is 5.33 Å². The van der Waals surface area contributed by atoms with Gasteiger partial charge in [0.25, 0.3) is 0 Å². The summed E-state index contributed by atoms with van der Waals surface area (Å²) in [6.45, 7) is 11.8. The van der Waals surface area contributed by atoms with Crippen LogP contribution in [0.25, 0.3) is 0 Å². The first-order chi connectivity index (χ1) is 4.81. The van der Waals surface area contributed by atoms with E-state index >= 15 is 0 Å². The molecule has 0 aliphatic carbocycles. The second kappa shape index (κ2) is 3.90. The first-order valence-corrected chi connectivity index (χ1v) is 8.25. The Balaban J connectivity index is 4.34. The van der Waals surface area contributed by atoms with E-state index in [2.05, 4.69) is 61.6 Å². The Kier molecular flexibility index (Phi) is 4.06. The van der Waals surface area contributed by atoms with Crippen molar-refractivity contribution in [2.75, 3.05) is 5.33 Å². The van der Waals surface area contributed by atoms with Crippen molar-refractivity contribution in [3.8, 4) is 0 Å². The number of hydrogen-bond donors (Lipinski definition) is 0. The Hall–Kier alpha value is 0.437. The highest BCUT2D eigenvalue weighted by molar-refractivity contribution is 9.09. The highest BCUT2D eigenvalue weighted by atomic mass is 79.9. The molecular formula is C9H19BrSi. The van der Waals surface area contributed by atoms with E-state index in [1.807, 2.05) is 0 Å². The van der Waals surface area contributed by atoms with Crippen LogP contribution in [0.1, 0.15) is 20.8 Å². The lowest BCUT2D eigenvalue weighted by Crippen LogP contribution is -2.34. The molecule has 0 amide bonds. The fourth-order valence-electron chi connectivity index (χ4n) is 0.589. The van der Waals surface area contributed by atoms with Gasteiger partial charge in [-0.15, -0.1) is 0 Å². The molecule has 0 aromatic heterocycles. The van der Waals surface area contributed by atoms with Gasteiger partial charge in [0.15, 0.2) is 0 Å². The van der Waals surface area contributed by atoms with Gasteiger partial charge >= 0.3 is 0 Å². The molecule has 0 aliphatic rings. The summed E-state index contributed by atoms with van der Waals surface area (Å²) in [6, 6.07) is 0. The molecule has 0 spiro atoms. The van der Waals surface area contributed by atoms with E-state index in [1.54, 1.807) is 0 Å². The number of alkyl halides is 1. The van der Waals surface area contributed by atoms with Crippen molar-refractivity contribution in [1.29, 1.82) is 0 Å².